The Hall–Kier alpha value is -2.63. The van der Waals surface area contributed by atoms with Gasteiger partial charge in [-0.3, -0.25) is 0 Å². The predicted molar refractivity (Wildman–Crippen MR) is 135 cm³/mol. The van der Waals surface area contributed by atoms with Crippen molar-refractivity contribution in [2.45, 2.75) is 50.6 Å². The number of carbonyl (C=O) groups excluding carboxylic acids is 1. The second kappa shape index (κ2) is 11.5. The van der Waals surface area contributed by atoms with E-state index in [2.05, 4.69) is 79.8 Å². The third-order valence-electron chi connectivity index (χ3n) is 6.95. The fraction of sp³-hybridized carbons (Fsp3) is 0.464. The van der Waals surface area contributed by atoms with Gasteiger partial charge < -0.3 is 19.9 Å². The zero-order valence-electron chi connectivity index (χ0n) is 20.8. The first-order chi connectivity index (χ1) is 15.9. The first-order valence-corrected chi connectivity index (χ1v) is 12.0. The molecule has 1 heterocycles. The van der Waals surface area contributed by atoms with E-state index >= 15 is 0 Å². The molecule has 0 aromatic heterocycles. The van der Waals surface area contributed by atoms with E-state index in [1.165, 1.54) is 0 Å². The molecule has 2 atom stereocenters. The van der Waals surface area contributed by atoms with Crippen molar-refractivity contribution < 1.29 is 9.53 Å². The third-order valence-corrected chi connectivity index (χ3v) is 6.95. The molecule has 1 aliphatic rings. The summed E-state index contributed by atoms with van der Waals surface area (Å²) in [5, 5.41) is 3.21. The summed E-state index contributed by atoms with van der Waals surface area (Å²) >= 11 is 0. The number of amides is 1. The lowest BCUT2D eigenvalue weighted by Crippen LogP contribution is -2.44. The van der Waals surface area contributed by atoms with Gasteiger partial charge in [0.2, 0.25) is 0 Å². The van der Waals surface area contributed by atoms with Crippen LogP contribution in [0.25, 0.3) is 0 Å². The molecule has 1 saturated heterocycles. The molecule has 33 heavy (non-hydrogen) atoms. The van der Waals surface area contributed by atoms with Gasteiger partial charge in [-0.25, -0.2) is 4.79 Å². The molecule has 1 amide bonds. The zero-order chi connectivity index (χ0) is 23.8. The molecular weight excluding hydrogens is 410 g/mol. The van der Waals surface area contributed by atoms with E-state index in [0.717, 1.165) is 43.5 Å². The minimum absolute atomic E-state index is 0.171. The van der Waals surface area contributed by atoms with Gasteiger partial charge in [0.1, 0.15) is 5.76 Å². The number of nitrogens with one attached hydrogen (secondary N) is 1. The van der Waals surface area contributed by atoms with Crippen molar-refractivity contribution in [2.24, 2.45) is 0 Å². The standard InChI is InChI=1S/C28H39N3O2/c1-6-26(33-27(32)31-19-13-18-25(31)21-29-3)28(20-22(2)30(4)5,23-14-9-7-10-15-23)24-16-11-8-12-17-24/h6-12,14-17,22,25,29H,13,18-21H2,1-5H3/b26-6-. The highest BCUT2D eigenvalue weighted by atomic mass is 16.6. The van der Waals surface area contributed by atoms with E-state index in [1.807, 2.05) is 37.1 Å². The van der Waals surface area contributed by atoms with E-state index in [4.69, 9.17) is 4.74 Å². The molecule has 1 fully saturated rings. The highest BCUT2D eigenvalue weighted by molar-refractivity contribution is 5.70. The number of hydrogen-bond acceptors (Lipinski definition) is 4. The molecular formula is C28H39N3O2. The van der Waals surface area contributed by atoms with Crippen LogP contribution in [0.1, 0.15) is 44.2 Å². The van der Waals surface area contributed by atoms with E-state index in [0.29, 0.717) is 5.76 Å². The molecule has 178 valence electrons. The van der Waals surface area contributed by atoms with Crippen LogP contribution in [0.2, 0.25) is 0 Å². The lowest BCUT2D eigenvalue weighted by Gasteiger charge is -2.40. The van der Waals surface area contributed by atoms with Crippen molar-refractivity contribution in [1.82, 2.24) is 15.1 Å². The van der Waals surface area contributed by atoms with Crippen molar-refractivity contribution in [3.8, 4) is 0 Å². The number of nitrogens with zero attached hydrogens (tertiary/aromatic N) is 2. The van der Waals surface area contributed by atoms with Gasteiger partial charge in [-0.05, 0) is 71.5 Å². The number of allylic oxidation sites excluding steroid dienone is 2. The maximum absolute atomic E-state index is 13.5. The van der Waals surface area contributed by atoms with Crippen LogP contribution in [0.3, 0.4) is 0 Å². The normalized spacial score (nSPS) is 17.9. The van der Waals surface area contributed by atoms with Gasteiger partial charge in [-0.2, -0.15) is 0 Å². The average molecular weight is 450 g/mol. The Morgan fingerprint density at radius 1 is 1.15 bits per heavy atom. The summed E-state index contributed by atoms with van der Waals surface area (Å²) in [6, 6.07) is 21.3. The predicted octanol–water partition coefficient (Wildman–Crippen LogP) is 5.04. The summed E-state index contributed by atoms with van der Waals surface area (Å²) in [6.45, 7) is 5.71. The highest BCUT2D eigenvalue weighted by Gasteiger charge is 2.43. The zero-order valence-corrected chi connectivity index (χ0v) is 20.8. The largest absolute Gasteiger partial charge is 0.415 e. The van der Waals surface area contributed by atoms with Crippen LogP contribution in [-0.4, -0.2) is 62.2 Å². The smallest absolute Gasteiger partial charge is 0.414 e. The first kappa shape index (κ1) is 25.0. The van der Waals surface area contributed by atoms with Crippen molar-refractivity contribution in [3.05, 3.63) is 83.6 Å². The molecule has 5 heteroatoms. The number of benzene rings is 2. The van der Waals surface area contributed by atoms with Crippen molar-refractivity contribution >= 4 is 6.09 Å². The van der Waals surface area contributed by atoms with Crippen LogP contribution in [0.15, 0.2) is 72.5 Å². The topological polar surface area (TPSA) is 44.8 Å². The Labute approximate surface area is 199 Å². The van der Waals surface area contributed by atoms with Crippen LogP contribution in [-0.2, 0) is 10.2 Å². The van der Waals surface area contributed by atoms with Gasteiger partial charge in [0.05, 0.1) is 5.41 Å². The Kier molecular flexibility index (Phi) is 8.70. The highest BCUT2D eigenvalue weighted by Crippen LogP contribution is 2.44. The number of likely N-dealkylation sites (N-methyl/N-ethyl adjacent to an activating group) is 1. The summed E-state index contributed by atoms with van der Waals surface area (Å²) in [5.41, 5.74) is 1.66. The number of carbonyl (C=O) groups is 1. The molecule has 1 N–H and O–H groups in total. The van der Waals surface area contributed by atoms with Crippen molar-refractivity contribution in [3.63, 3.8) is 0 Å². The Balaban J connectivity index is 2.09. The van der Waals surface area contributed by atoms with E-state index in [9.17, 15) is 4.79 Å². The van der Waals surface area contributed by atoms with E-state index in [-0.39, 0.29) is 18.2 Å². The molecule has 0 saturated carbocycles. The Bertz CT molecular complexity index is 872. The number of rotatable bonds is 9. The number of ether oxygens (including phenoxy) is 1. The van der Waals surface area contributed by atoms with Crippen LogP contribution < -0.4 is 5.32 Å². The first-order valence-electron chi connectivity index (χ1n) is 12.0. The molecule has 5 nitrogen and oxygen atoms in total. The van der Waals surface area contributed by atoms with Crippen LogP contribution >= 0.6 is 0 Å². The van der Waals surface area contributed by atoms with E-state index < -0.39 is 5.41 Å². The van der Waals surface area contributed by atoms with Crippen molar-refractivity contribution in [2.75, 3.05) is 34.2 Å². The van der Waals surface area contributed by atoms with Crippen LogP contribution in [0, 0.1) is 0 Å². The third kappa shape index (κ3) is 5.48. The second-order valence-corrected chi connectivity index (χ2v) is 9.22. The molecule has 0 aliphatic carbocycles. The maximum atomic E-state index is 13.5. The quantitative estimate of drug-likeness (QED) is 0.545. The lowest BCUT2D eigenvalue weighted by molar-refractivity contribution is 0.109. The summed E-state index contributed by atoms with van der Waals surface area (Å²) in [5.74, 6) is 0.689. The minimum atomic E-state index is -0.588. The monoisotopic (exact) mass is 449 g/mol. The minimum Gasteiger partial charge on any atom is -0.414 e. The summed E-state index contributed by atoms with van der Waals surface area (Å²) in [4.78, 5) is 17.6. The van der Waals surface area contributed by atoms with Crippen LogP contribution in [0.5, 0.6) is 0 Å². The lowest BCUT2D eigenvalue weighted by atomic mass is 9.68. The molecule has 2 unspecified atom stereocenters. The number of hydrogen-bond donors (Lipinski definition) is 1. The Morgan fingerprint density at radius 3 is 2.21 bits per heavy atom. The van der Waals surface area contributed by atoms with Crippen LogP contribution in [0.4, 0.5) is 4.79 Å². The molecule has 2 aromatic rings. The molecule has 0 bridgehead atoms. The summed E-state index contributed by atoms with van der Waals surface area (Å²) in [6.07, 6.45) is 4.51. The number of likely N-dealkylation sites (tertiary alicyclic amines) is 1. The SMILES string of the molecule is C/C=C(\OC(=O)N1CCCC1CNC)C(CC(C)N(C)C)(c1ccccc1)c1ccccc1. The molecule has 0 radical (unpaired) electrons. The van der Waals surface area contributed by atoms with Gasteiger partial charge in [-0.1, -0.05) is 60.7 Å². The molecule has 2 aromatic carbocycles. The molecule has 0 spiro atoms. The van der Waals surface area contributed by atoms with Gasteiger partial charge in [0.25, 0.3) is 0 Å². The Morgan fingerprint density at radius 2 is 1.73 bits per heavy atom. The maximum Gasteiger partial charge on any atom is 0.415 e. The van der Waals surface area contributed by atoms with E-state index in [1.54, 1.807) is 0 Å². The van der Waals surface area contributed by atoms with Crippen molar-refractivity contribution in [1.29, 1.82) is 0 Å². The average Bonchev–Trinajstić information content (AvgIpc) is 3.30. The summed E-state index contributed by atoms with van der Waals surface area (Å²) in [7, 11) is 6.12. The molecule has 1 aliphatic heterocycles. The van der Waals surface area contributed by atoms with Gasteiger partial charge in [-0.15, -0.1) is 0 Å². The fourth-order valence-electron chi connectivity index (χ4n) is 4.93. The molecule has 3 rings (SSSR count). The van der Waals surface area contributed by atoms with Gasteiger partial charge in [0.15, 0.2) is 0 Å². The summed E-state index contributed by atoms with van der Waals surface area (Å²) < 4.78 is 6.32. The van der Waals surface area contributed by atoms with Gasteiger partial charge in [0, 0.05) is 25.2 Å². The second-order valence-electron chi connectivity index (χ2n) is 9.22. The van der Waals surface area contributed by atoms with Gasteiger partial charge >= 0.3 is 6.09 Å². The fourth-order valence-corrected chi connectivity index (χ4v) is 4.93.